The molecule has 5 heteroatoms. The van der Waals surface area contributed by atoms with Crippen LogP contribution in [-0.4, -0.2) is 17.3 Å². The van der Waals surface area contributed by atoms with Gasteiger partial charge in [0.2, 0.25) is 0 Å². The number of carbonyl (C=O) groups is 1. The summed E-state index contributed by atoms with van der Waals surface area (Å²) in [5, 5.41) is 4.92. The standard InChI is InChI=1S/C9H9ClINOS/c10-5-9(2-3-9)12-8(13)7-6(11)1-4-14-7/h1,4H,2-3,5H2,(H,12,13). The van der Waals surface area contributed by atoms with Crippen molar-refractivity contribution in [3.05, 3.63) is 19.9 Å². The molecule has 2 rings (SSSR count). The number of alkyl halides is 1. The summed E-state index contributed by atoms with van der Waals surface area (Å²) in [6.45, 7) is 0. The number of hydrogen-bond acceptors (Lipinski definition) is 2. The number of carbonyl (C=O) groups excluding carboxylic acids is 1. The van der Waals surface area contributed by atoms with Gasteiger partial charge in [-0.05, 0) is 46.9 Å². The van der Waals surface area contributed by atoms with Crippen molar-refractivity contribution in [1.82, 2.24) is 5.32 Å². The first-order valence-electron chi connectivity index (χ1n) is 4.28. The zero-order chi connectivity index (χ0) is 10.2. The van der Waals surface area contributed by atoms with E-state index < -0.39 is 0 Å². The average molecular weight is 342 g/mol. The number of hydrogen-bond donors (Lipinski definition) is 1. The van der Waals surface area contributed by atoms with Crippen molar-refractivity contribution in [3.8, 4) is 0 Å². The van der Waals surface area contributed by atoms with E-state index in [1.165, 1.54) is 11.3 Å². The smallest absolute Gasteiger partial charge is 0.262 e. The monoisotopic (exact) mass is 341 g/mol. The van der Waals surface area contributed by atoms with Gasteiger partial charge >= 0.3 is 0 Å². The fourth-order valence-electron chi connectivity index (χ4n) is 1.20. The Morgan fingerprint density at radius 1 is 1.71 bits per heavy atom. The lowest BCUT2D eigenvalue weighted by Gasteiger charge is -2.12. The molecule has 0 aromatic carbocycles. The van der Waals surface area contributed by atoms with Gasteiger partial charge < -0.3 is 5.32 Å². The van der Waals surface area contributed by atoms with Crippen molar-refractivity contribution >= 4 is 51.4 Å². The van der Waals surface area contributed by atoms with Crippen molar-refractivity contribution in [1.29, 1.82) is 0 Å². The third-order valence-electron chi connectivity index (χ3n) is 2.31. The fourth-order valence-corrected chi connectivity index (χ4v) is 3.26. The van der Waals surface area contributed by atoms with Gasteiger partial charge in [-0.25, -0.2) is 0 Å². The molecule has 1 aliphatic rings. The van der Waals surface area contributed by atoms with Crippen LogP contribution in [0, 0.1) is 3.57 Å². The van der Waals surface area contributed by atoms with Crippen LogP contribution in [0.4, 0.5) is 0 Å². The highest BCUT2D eigenvalue weighted by Gasteiger charge is 2.43. The molecular weight excluding hydrogens is 333 g/mol. The molecule has 1 heterocycles. The second-order valence-electron chi connectivity index (χ2n) is 3.47. The van der Waals surface area contributed by atoms with Crippen molar-refractivity contribution < 1.29 is 4.79 Å². The van der Waals surface area contributed by atoms with E-state index in [0.717, 1.165) is 21.3 Å². The molecule has 1 aromatic rings. The Labute approximate surface area is 105 Å². The maximum absolute atomic E-state index is 11.8. The highest BCUT2D eigenvalue weighted by Crippen LogP contribution is 2.37. The van der Waals surface area contributed by atoms with Crippen LogP contribution in [0.5, 0.6) is 0 Å². The second-order valence-corrected chi connectivity index (χ2v) is 5.81. The van der Waals surface area contributed by atoms with E-state index in [2.05, 4.69) is 27.9 Å². The topological polar surface area (TPSA) is 29.1 Å². The molecule has 2 nitrogen and oxygen atoms in total. The first kappa shape index (κ1) is 10.7. The number of nitrogens with one attached hydrogen (secondary N) is 1. The van der Waals surface area contributed by atoms with Crippen LogP contribution >= 0.6 is 45.5 Å². The Hall–Kier alpha value is 0.190. The Bertz CT molecular complexity index is 361. The zero-order valence-corrected chi connectivity index (χ0v) is 11.1. The first-order valence-corrected chi connectivity index (χ1v) is 6.78. The number of amides is 1. The summed E-state index contributed by atoms with van der Waals surface area (Å²) in [6.07, 6.45) is 2.01. The molecule has 1 aliphatic carbocycles. The molecule has 1 fully saturated rings. The molecule has 0 bridgehead atoms. The predicted molar refractivity (Wildman–Crippen MR) is 67.2 cm³/mol. The van der Waals surface area contributed by atoms with Crippen LogP contribution in [0.3, 0.4) is 0 Å². The molecule has 0 unspecified atom stereocenters. The van der Waals surface area contributed by atoms with Gasteiger partial charge in [0.1, 0.15) is 4.88 Å². The minimum atomic E-state index is -0.105. The van der Waals surface area contributed by atoms with Crippen LogP contribution in [0.1, 0.15) is 22.5 Å². The molecule has 0 aliphatic heterocycles. The first-order chi connectivity index (χ1) is 6.67. The molecule has 76 valence electrons. The van der Waals surface area contributed by atoms with E-state index >= 15 is 0 Å². The van der Waals surface area contributed by atoms with E-state index in [9.17, 15) is 4.79 Å². The molecule has 0 spiro atoms. The highest BCUT2D eigenvalue weighted by atomic mass is 127. The van der Waals surface area contributed by atoms with Gasteiger partial charge in [-0.3, -0.25) is 4.79 Å². The van der Waals surface area contributed by atoms with Crippen molar-refractivity contribution in [2.45, 2.75) is 18.4 Å². The minimum Gasteiger partial charge on any atom is -0.345 e. The Morgan fingerprint density at radius 3 is 2.86 bits per heavy atom. The Kier molecular flexibility index (Phi) is 3.04. The molecule has 0 atom stereocenters. The molecule has 1 aromatic heterocycles. The molecular formula is C9H9ClINOS. The van der Waals surface area contributed by atoms with Gasteiger partial charge in [0.15, 0.2) is 0 Å². The predicted octanol–water partition coefficient (Wildman–Crippen LogP) is 2.85. The van der Waals surface area contributed by atoms with E-state index in [1.807, 2.05) is 11.4 Å². The molecule has 1 amide bonds. The summed E-state index contributed by atoms with van der Waals surface area (Å²) in [5.41, 5.74) is -0.105. The van der Waals surface area contributed by atoms with E-state index in [4.69, 9.17) is 11.6 Å². The quantitative estimate of drug-likeness (QED) is 0.665. The SMILES string of the molecule is O=C(NC1(CCl)CC1)c1sccc1I. The summed E-state index contributed by atoms with van der Waals surface area (Å²) >= 11 is 9.43. The summed E-state index contributed by atoms with van der Waals surface area (Å²) in [7, 11) is 0. The van der Waals surface area contributed by atoms with Gasteiger partial charge in [0, 0.05) is 9.45 Å². The van der Waals surface area contributed by atoms with Crippen LogP contribution < -0.4 is 5.32 Å². The van der Waals surface area contributed by atoms with Crippen LogP contribution in [0.25, 0.3) is 0 Å². The van der Waals surface area contributed by atoms with E-state index in [0.29, 0.717) is 5.88 Å². The Balaban J connectivity index is 2.07. The van der Waals surface area contributed by atoms with Gasteiger partial charge in [0.25, 0.3) is 5.91 Å². The normalized spacial score (nSPS) is 17.9. The van der Waals surface area contributed by atoms with Crippen LogP contribution in [-0.2, 0) is 0 Å². The maximum atomic E-state index is 11.8. The largest absolute Gasteiger partial charge is 0.345 e. The van der Waals surface area contributed by atoms with Crippen molar-refractivity contribution in [2.24, 2.45) is 0 Å². The summed E-state index contributed by atoms with van der Waals surface area (Å²) in [6, 6.07) is 1.94. The van der Waals surface area contributed by atoms with E-state index in [-0.39, 0.29) is 11.4 Å². The van der Waals surface area contributed by atoms with E-state index in [1.54, 1.807) is 0 Å². The molecule has 1 saturated carbocycles. The number of halogens is 2. The minimum absolute atomic E-state index is 0.0163. The summed E-state index contributed by atoms with van der Waals surface area (Å²) in [4.78, 5) is 12.6. The average Bonchev–Trinajstić information content (AvgIpc) is 2.80. The fraction of sp³-hybridized carbons (Fsp3) is 0.444. The molecule has 1 N–H and O–H groups in total. The third kappa shape index (κ3) is 2.06. The molecule has 14 heavy (non-hydrogen) atoms. The second kappa shape index (κ2) is 3.98. The summed E-state index contributed by atoms with van der Waals surface area (Å²) in [5.74, 6) is 0.531. The Morgan fingerprint density at radius 2 is 2.43 bits per heavy atom. The molecule has 0 radical (unpaired) electrons. The van der Waals surface area contributed by atoms with Crippen molar-refractivity contribution in [2.75, 3.05) is 5.88 Å². The van der Waals surface area contributed by atoms with Crippen LogP contribution in [0.2, 0.25) is 0 Å². The zero-order valence-electron chi connectivity index (χ0n) is 7.35. The van der Waals surface area contributed by atoms with Crippen molar-refractivity contribution in [3.63, 3.8) is 0 Å². The number of thiophene rings is 1. The third-order valence-corrected chi connectivity index (χ3v) is 5.00. The molecule has 0 saturated heterocycles. The number of rotatable bonds is 3. The van der Waals surface area contributed by atoms with Gasteiger partial charge in [-0.2, -0.15) is 0 Å². The lowest BCUT2D eigenvalue weighted by molar-refractivity contribution is 0.0939. The van der Waals surface area contributed by atoms with Crippen LogP contribution in [0.15, 0.2) is 11.4 Å². The van der Waals surface area contributed by atoms with Gasteiger partial charge in [-0.1, -0.05) is 0 Å². The van der Waals surface area contributed by atoms with Gasteiger partial charge in [0.05, 0.1) is 5.54 Å². The van der Waals surface area contributed by atoms with Gasteiger partial charge in [-0.15, -0.1) is 22.9 Å². The lowest BCUT2D eigenvalue weighted by atomic mass is 10.3. The highest BCUT2D eigenvalue weighted by molar-refractivity contribution is 14.1. The maximum Gasteiger partial charge on any atom is 0.262 e. The lowest BCUT2D eigenvalue weighted by Crippen LogP contribution is -2.38. The summed E-state index contributed by atoms with van der Waals surface area (Å²) < 4.78 is 1.01.